The number of hydrogen-bond acceptors (Lipinski definition) is 8. The molecule has 0 aliphatic carbocycles. The van der Waals surface area contributed by atoms with E-state index < -0.39 is 42.2 Å². The van der Waals surface area contributed by atoms with Crippen LogP contribution in [0.4, 0.5) is 19.0 Å². The molecule has 4 unspecified atom stereocenters. The molecule has 4 rings (SSSR count). The number of hydrogen-bond donors (Lipinski definition) is 4. The van der Waals surface area contributed by atoms with E-state index in [1.807, 2.05) is 0 Å². The van der Waals surface area contributed by atoms with Crippen molar-refractivity contribution in [3.63, 3.8) is 0 Å². The first-order valence-corrected chi connectivity index (χ1v) is 9.07. The van der Waals surface area contributed by atoms with Crippen molar-refractivity contribution in [1.82, 2.24) is 24.8 Å². The average Bonchev–Trinajstić information content (AvgIpc) is 3.28. The number of halogens is 3. The number of nitrogens with zero attached hydrogens (tertiary/aromatic N) is 4. The summed E-state index contributed by atoms with van der Waals surface area (Å²) in [4.78, 5) is 24.2. The van der Waals surface area contributed by atoms with Crippen LogP contribution in [-0.4, -0.2) is 60.5 Å². The summed E-state index contributed by atoms with van der Waals surface area (Å²) in [6.45, 7) is -0.196. The molecule has 0 spiro atoms. The molecule has 0 saturated carbocycles. The molecule has 1 fully saturated rings. The maximum absolute atomic E-state index is 12.6. The average molecular weight is 438 g/mol. The first-order valence-electron chi connectivity index (χ1n) is 9.07. The summed E-state index contributed by atoms with van der Waals surface area (Å²) in [6, 6.07) is 3.69. The third-order valence-electron chi connectivity index (χ3n) is 4.94. The van der Waals surface area contributed by atoms with Crippen LogP contribution in [0.25, 0.3) is 11.2 Å². The maximum Gasteiger partial charge on any atom is 0.416 e. The number of carbonyl (C=O) groups is 1. The second-order valence-electron chi connectivity index (χ2n) is 6.91. The van der Waals surface area contributed by atoms with Crippen LogP contribution in [0, 0.1) is 0 Å². The Hall–Kier alpha value is -3.29. The number of benzene rings is 1. The van der Waals surface area contributed by atoms with Crippen molar-refractivity contribution in [3.8, 4) is 0 Å². The van der Waals surface area contributed by atoms with Crippen molar-refractivity contribution in [2.75, 3.05) is 12.3 Å². The number of imidazole rings is 1. The Morgan fingerprint density at radius 3 is 2.55 bits per heavy atom. The number of aliphatic hydroxyl groups is 2. The van der Waals surface area contributed by atoms with Crippen molar-refractivity contribution >= 4 is 22.9 Å². The van der Waals surface area contributed by atoms with Gasteiger partial charge in [-0.1, -0.05) is 0 Å². The van der Waals surface area contributed by atoms with Gasteiger partial charge < -0.3 is 26.0 Å². The molecule has 1 saturated heterocycles. The Morgan fingerprint density at radius 1 is 1.16 bits per heavy atom. The Labute approximate surface area is 172 Å². The van der Waals surface area contributed by atoms with Crippen molar-refractivity contribution in [3.05, 3.63) is 48.0 Å². The molecule has 2 aromatic heterocycles. The SMILES string of the molecule is Nc1ncnc2c1ncn2C1OC(CNC(=O)c2ccc(C(F)(F)F)cc2)C(O)C1O. The van der Waals surface area contributed by atoms with E-state index in [9.17, 15) is 28.2 Å². The van der Waals surface area contributed by atoms with Gasteiger partial charge >= 0.3 is 6.18 Å². The number of aliphatic hydroxyl groups excluding tert-OH is 2. The lowest BCUT2D eigenvalue weighted by atomic mass is 10.1. The van der Waals surface area contributed by atoms with Gasteiger partial charge in [-0.05, 0) is 24.3 Å². The molecular weight excluding hydrogens is 421 g/mol. The van der Waals surface area contributed by atoms with Gasteiger partial charge in [0, 0.05) is 12.1 Å². The second kappa shape index (κ2) is 7.76. The molecule has 4 atom stereocenters. The van der Waals surface area contributed by atoms with Crippen molar-refractivity contribution in [2.24, 2.45) is 0 Å². The number of anilines is 1. The van der Waals surface area contributed by atoms with Gasteiger partial charge in [-0.15, -0.1) is 0 Å². The summed E-state index contributed by atoms with van der Waals surface area (Å²) in [7, 11) is 0. The summed E-state index contributed by atoms with van der Waals surface area (Å²) >= 11 is 0. The molecule has 164 valence electrons. The zero-order chi connectivity index (χ0) is 22.3. The van der Waals surface area contributed by atoms with Gasteiger partial charge in [0.05, 0.1) is 11.9 Å². The number of nitrogen functional groups attached to an aromatic ring is 1. The van der Waals surface area contributed by atoms with Crippen molar-refractivity contribution in [1.29, 1.82) is 0 Å². The number of carbonyl (C=O) groups excluding carboxylic acids is 1. The summed E-state index contributed by atoms with van der Waals surface area (Å²) in [5.74, 6) is -0.520. The minimum Gasteiger partial charge on any atom is -0.387 e. The number of nitrogens with two attached hydrogens (primary N) is 1. The third kappa shape index (κ3) is 3.89. The highest BCUT2D eigenvalue weighted by Crippen LogP contribution is 2.32. The largest absolute Gasteiger partial charge is 0.416 e. The Bertz CT molecular complexity index is 1100. The van der Waals surface area contributed by atoms with Gasteiger partial charge in [0.25, 0.3) is 5.91 Å². The van der Waals surface area contributed by atoms with Crippen molar-refractivity contribution < 1.29 is 32.9 Å². The molecule has 3 heterocycles. The van der Waals surface area contributed by atoms with E-state index in [0.29, 0.717) is 5.52 Å². The van der Waals surface area contributed by atoms with Crippen LogP contribution in [-0.2, 0) is 10.9 Å². The Balaban J connectivity index is 1.44. The lowest BCUT2D eigenvalue weighted by Crippen LogP contribution is -2.39. The summed E-state index contributed by atoms with van der Waals surface area (Å²) < 4.78 is 45.0. The second-order valence-corrected chi connectivity index (χ2v) is 6.91. The minimum atomic E-state index is -4.50. The molecule has 1 aliphatic rings. The molecular formula is C18H17F3N6O4. The normalized spacial score (nSPS) is 23.9. The molecule has 13 heteroatoms. The molecule has 3 aromatic rings. The number of aromatic nitrogens is 4. The molecule has 5 N–H and O–H groups in total. The Kier molecular flexibility index (Phi) is 5.24. The molecule has 1 amide bonds. The summed E-state index contributed by atoms with van der Waals surface area (Å²) in [6.07, 6.45) is -6.71. The molecule has 1 aromatic carbocycles. The highest BCUT2D eigenvalue weighted by atomic mass is 19.4. The van der Waals surface area contributed by atoms with E-state index in [0.717, 1.165) is 24.3 Å². The predicted octanol–water partition coefficient (Wildman–Crippen LogP) is 0.476. The van der Waals surface area contributed by atoms with Crippen LogP contribution in [0.5, 0.6) is 0 Å². The molecule has 1 aliphatic heterocycles. The number of rotatable bonds is 4. The topological polar surface area (TPSA) is 148 Å². The minimum absolute atomic E-state index is 0.00497. The van der Waals surface area contributed by atoms with E-state index in [-0.39, 0.29) is 23.6 Å². The van der Waals surface area contributed by atoms with Crippen LogP contribution in [0.15, 0.2) is 36.9 Å². The quantitative estimate of drug-likeness (QED) is 0.460. The van der Waals surface area contributed by atoms with E-state index in [1.54, 1.807) is 0 Å². The molecule has 0 bridgehead atoms. The van der Waals surface area contributed by atoms with E-state index in [4.69, 9.17) is 10.5 Å². The summed E-state index contributed by atoms with van der Waals surface area (Å²) in [5, 5.41) is 23.2. The molecule has 10 nitrogen and oxygen atoms in total. The zero-order valence-electron chi connectivity index (χ0n) is 15.7. The van der Waals surface area contributed by atoms with Gasteiger partial charge in [0.15, 0.2) is 17.7 Å². The van der Waals surface area contributed by atoms with E-state index in [1.165, 1.54) is 17.2 Å². The van der Waals surface area contributed by atoms with Gasteiger partial charge in [0.2, 0.25) is 0 Å². The van der Waals surface area contributed by atoms with Crippen LogP contribution >= 0.6 is 0 Å². The number of ether oxygens (including phenoxy) is 1. The van der Waals surface area contributed by atoms with E-state index in [2.05, 4.69) is 20.3 Å². The van der Waals surface area contributed by atoms with E-state index >= 15 is 0 Å². The van der Waals surface area contributed by atoms with Crippen LogP contribution in [0.3, 0.4) is 0 Å². The fourth-order valence-corrected chi connectivity index (χ4v) is 3.29. The number of alkyl halides is 3. The lowest BCUT2D eigenvalue weighted by Gasteiger charge is -2.16. The highest BCUT2D eigenvalue weighted by molar-refractivity contribution is 5.94. The first-order chi connectivity index (χ1) is 14.7. The standard InChI is InChI=1S/C18H17F3N6O4/c19-18(20,21)9-3-1-8(2-4-9)16(30)23-5-10-12(28)13(29)17(31-10)27-7-26-11-14(22)24-6-25-15(11)27/h1-4,6-7,10,12-13,17,28-29H,5H2,(H,23,30)(H2,22,24,25). The maximum atomic E-state index is 12.6. The lowest BCUT2D eigenvalue weighted by molar-refractivity contribution is -0.137. The smallest absolute Gasteiger partial charge is 0.387 e. The fraction of sp³-hybridized carbons (Fsp3) is 0.333. The number of amides is 1. The van der Waals surface area contributed by atoms with Crippen LogP contribution in [0.1, 0.15) is 22.1 Å². The fourth-order valence-electron chi connectivity index (χ4n) is 3.29. The Morgan fingerprint density at radius 2 is 1.87 bits per heavy atom. The number of nitrogens with one attached hydrogen (secondary N) is 1. The summed E-state index contributed by atoms with van der Waals surface area (Å²) in [5.41, 5.74) is 5.46. The third-order valence-corrected chi connectivity index (χ3v) is 4.94. The van der Waals surface area contributed by atoms with Gasteiger partial charge in [0.1, 0.15) is 30.2 Å². The van der Waals surface area contributed by atoms with Crippen molar-refractivity contribution in [2.45, 2.75) is 30.7 Å². The number of fused-ring (bicyclic) bond motifs is 1. The van der Waals surface area contributed by atoms with Gasteiger partial charge in [-0.3, -0.25) is 9.36 Å². The zero-order valence-corrected chi connectivity index (χ0v) is 15.7. The predicted molar refractivity (Wildman–Crippen MR) is 99.4 cm³/mol. The monoisotopic (exact) mass is 438 g/mol. The van der Waals surface area contributed by atoms with Crippen LogP contribution in [0.2, 0.25) is 0 Å². The highest BCUT2D eigenvalue weighted by Gasteiger charge is 2.44. The van der Waals surface area contributed by atoms with Crippen LogP contribution < -0.4 is 11.1 Å². The van der Waals surface area contributed by atoms with Gasteiger partial charge in [-0.25, -0.2) is 15.0 Å². The molecule has 0 radical (unpaired) electrons. The first kappa shape index (κ1) is 21.0. The molecule has 31 heavy (non-hydrogen) atoms. The van der Waals surface area contributed by atoms with Gasteiger partial charge in [-0.2, -0.15) is 13.2 Å².